The Bertz CT molecular complexity index is 346. The van der Waals surface area contributed by atoms with E-state index in [1.54, 1.807) is 26.0 Å². The Morgan fingerprint density at radius 2 is 2.27 bits per heavy atom. The van der Waals surface area contributed by atoms with E-state index in [1.807, 2.05) is 0 Å². The molecule has 1 heterocycles. The minimum absolute atomic E-state index is 0.0268. The number of nitrogens with zero attached hydrogens (tertiary/aromatic N) is 1. The van der Waals surface area contributed by atoms with E-state index in [4.69, 9.17) is 10.8 Å². The van der Waals surface area contributed by atoms with E-state index < -0.39 is 11.5 Å². The van der Waals surface area contributed by atoms with Crippen LogP contribution in [0, 0.1) is 0 Å². The van der Waals surface area contributed by atoms with Crippen LogP contribution in [0.5, 0.6) is 0 Å². The molecule has 82 valence electrons. The van der Waals surface area contributed by atoms with Crippen molar-refractivity contribution in [3.63, 3.8) is 0 Å². The summed E-state index contributed by atoms with van der Waals surface area (Å²) in [4.78, 5) is 14.6. The summed E-state index contributed by atoms with van der Waals surface area (Å²) >= 11 is 0. The second-order valence-electron chi connectivity index (χ2n) is 4.06. The number of nitrogens with one attached hydrogen (secondary N) is 1. The molecule has 4 N–H and O–H groups in total. The van der Waals surface area contributed by atoms with E-state index in [0.29, 0.717) is 11.5 Å². The molecule has 0 aliphatic rings. The molecule has 0 radical (unpaired) electrons. The Labute approximate surface area is 88.3 Å². The molecule has 0 atom stereocenters. The number of carbonyl (C=O) groups is 1. The van der Waals surface area contributed by atoms with Crippen LogP contribution >= 0.6 is 0 Å². The van der Waals surface area contributed by atoms with E-state index in [1.165, 1.54) is 6.20 Å². The van der Waals surface area contributed by atoms with Gasteiger partial charge in [0, 0.05) is 5.54 Å². The molecule has 0 saturated heterocycles. The molecule has 0 saturated carbocycles. The Morgan fingerprint density at radius 3 is 2.73 bits per heavy atom. The number of nitrogens with two attached hydrogens (primary N) is 1. The molecule has 0 aliphatic carbocycles. The maximum Gasteiger partial charge on any atom is 0.305 e. The molecule has 5 heteroatoms. The number of hydrogen-bond acceptors (Lipinski definition) is 4. The minimum atomic E-state index is -0.844. The van der Waals surface area contributed by atoms with Gasteiger partial charge in [0.1, 0.15) is 5.82 Å². The first kappa shape index (κ1) is 11.3. The summed E-state index contributed by atoms with van der Waals surface area (Å²) in [6.07, 6.45) is 1.55. The Morgan fingerprint density at radius 1 is 1.60 bits per heavy atom. The summed E-state index contributed by atoms with van der Waals surface area (Å²) in [6, 6.07) is 3.44. The number of rotatable bonds is 4. The van der Waals surface area contributed by atoms with Crippen molar-refractivity contribution in [1.82, 2.24) is 4.98 Å². The topological polar surface area (TPSA) is 88.2 Å². The predicted octanol–water partition coefficient (Wildman–Crippen LogP) is 1.33. The first-order valence-electron chi connectivity index (χ1n) is 4.60. The molecule has 0 amide bonds. The molecule has 15 heavy (non-hydrogen) atoms. The molecule has 0 bridgehead atoms. The van der Waals surface area contributed by atoms with Gasteiger partial charge >= 0.3 is 5.97 Å². The third kappa shape index (κ3) is 3.84. The Balaban J connectivity index is 2.68. The highest BCUT2D eigenvalue weighted by Gasteiger charge is 2.21. The molecular weight excluding hydrogens is 194 g/mol. The van der Waals surface area contributed by atoms with Crippen LogP contribution in [0.25, 0.3) is 0 Å². The van der Waals surface area contributed by atoms with Crippen molar-refractivity contribution in [1.29, 1.82) is 0 Å². The molecule has 0 unspecified atom stereocenters. The number of anilines is 2. The molecule has 1 aromatic rings. The van der Waals surface area contributed by atoms with Crippen LogP contribution in [0.1, 0.15) is 20.3 Å². The van der Waals surface area contributed by atoms with Gasteiger partial charge in [0.25, 0.3) is 0 Å². The number of carboxylic acids is 1. The Kier molecular flexibility index (Phi) is 3.14. The number of nitrogen functional groups attached to an aromatic ring is 1. The van der Waals surface area contributed by atoms with Crippen molar-refractivity contribution in [2.45, 2.75) is 25.8 Å². The molecule has 0 fully saturated rings. The lowest BCUT2D eigenvalue weighted by Crippen LogP contribution is -2.33. The van der Waals surface area contributed by atoms with Gasteiger partial charge in [-0.3, -0.25) is 4.79 Å². The van der Waals surface area contributed by atoms with Crippen LogP contribution in [0.3, 0.4) is 0 Å². The summed E-state index contributed by atoms with van der Waals surface area (Å²) in [6.45, 7) is 3.61. The highest BCUT2D eigenvalue weighted by molar-refractivity contribution is 5.69. The first-order valence-corrected chi connectivity index (χ1v) is 4.60. The summed E-state index contributed by atoms with van der Waals surface area (Å²) < 4.78 is 0. The van der Waals surface area contributed by atoms with E-state index >= 15 is 0 Å². The van der Waals surface area contributed by atoms with Gasteiger partial charge in [-0.15, -0.1) is 0 Å². The SMILES string of the molecule is CC(C)(CC(=O)O)Nc1ccc(N)cn1. The zero-order valence-electron chi connectivity index (χ0n) is 8.82. The summed E-state index contributed by atoms with van der Waals surface area (Å²) in [5, 5.41) is 11.7. The van der Waals surface area contributed by atoms with E-state index in [2.05, 4.69) is 10.3 Å². The molecule has 5 nitrogen and oxygen atoms in total. The van der Waals surface area contributed by atoms with Crippen molar-refractivity contribution in [3.05, 3.63) is 18.3 Å². The molecule has 0 aromatic carbocycles. The Hall–Kier alpha value is -1.78. The average molecular weight is 209 g/mol. The monoisotopic (exact) mass is 209 g/mol. The van der Waals surface area contributed by atoms with Gasteiger partial charge in [0.05, 0.1) is 18.3 Å². The van der Waals surface area contributed by atoms with E-state index in [0.717, 1.165) is 0 Å². The quantitative estimate of drug-likeness (QED) is 0.696. The van der Waals surface area contributed by atoms with Gasteiger partial charge in [-0.25, -0.2) is 4.98 Å². The standard InChI is InChI=1S/C10H15N3O2/c1-10(2,5-9(14)15)13-8-4-3-7(11)6-12-8/h3-4,6H,5,11H2,1-2H3,(H,12,13)(H,14,15). The first-order chi connectivity index (χ1) is 6.89. The van der Waals surface area contributed by atoms with Gasteiger partial charge in [-0.1, -0.05) is 0 Å². The fourth-order valence-corrected chi connectivity index (χ4v) is 1.25. The molecule has 0 aliphatic heterocycles. The van der Waals surface area contributed by atoms with Crippen LogP contribution in [-0.4, -0.2) is 21.6 Å². The van der Waals surface area contributed by atoms with Crippen molar-refractivity contribution < 1.29 is 9.90 Å². The van der Waals surface area contributed by atoms with E-state index in [-0.39, 0.29) is 6.42 Å². The van der Waals surface area contributed by atoms with Crippen molar-refractivity contribution >= 4 is 17.5 Å². The number of hydrogen-bond donors (Lipinski definition) is 3. The van der Waals surface area contributed by atoms with Crippen molar-refractivity contribution in [3.8, 4) is 0 Å². The normalized spacial score (nSPS) is 11.1. The van der Waals surface area contributed by atoms with Crippen LogP contribution in [0.15, 0.2) is 18.3 Å². The summed E-state index contributed by atoms with van der Waals surface area (Å²) in [7, 11) is 0. The molecular formula is C10H15N3O2. The van der Waals surface area contributed by atoms with Crippen molar-refractivity contribution in [2.75, 3.05) is 11.1 Å². The van der Waals surface area contributed by atoms with Crippen LogP contribution in [-0.2, 0) is 4.79 Å². The predicted molar refractivity (Wildman–Crippen MR) is 58.6 cm³/mol. The lowest BCUT2D eigenvalue weighted by molar-refractivity contribution is -0.137. The molecule has 1 aromatic heterocycles. The zero-order valence-corrected chi connectivity index (χ0v) is 8.82. The van der Waals surface area contributed by atoms with Gasteiger partial charge in [-0.2, -0.15) is 0 Å². The third-order valence-corrected chi connectivity index (χ3v) is 1.85. The number of pyridine rings is 1. The second kappa shape index (κ2) is 4.16. The smallest absolute Gasteiger partial charge is 0.305 e. The fraction of sp³-hybridized carbons (Fsp3) is 0.400. The number of aliphatic carboxylic acids is 1. The lowest BCUT2D eigenvalue weighted by Gasteiger charge is -2.24. The average Bonchev–Trinajstić information content (AvgIpc) is 2.06. The van der Waals surface area contributed by atoms with Gasteiger partial charge in [-0.05, 0) is 26.0 Å². The van der Waals surface area contributed by atoms with E-state index in [9.17, 15) is 4.79 Å². The highest BCUT2D eigenvalue weighted by Crippen LogP contribution is 2.16. The van der Waals surface area contributed by atoms with Gasteiger partial charge in [0.2, 0.25) is 0 Å². The van der Waals surface area contributed by atoms with Crippen LogP contribution in [0.4, 0.5) is 11.5 Å². The van der Waals surface area contributed by atoms with Crippen molar-refractivity contribution in [2.24, 2.45) is 0 Å². The minimum Gasteiger partial charge on any atom is -0.481 e. The maximum atomic E-state index is 10.6. The van der Waals surface area contributed by atoms with Gasteiger partial charge in [0.15, 0.2) is 0 Å². The molecule has 0 spiro atoms. The molecule has 1 rings (SSSR count). The van der Waals surface area contributed by atoms with Gasteiger partial charge < -0.3 is 16.2 Å². The van der Waals surface area contributed by atoms with Crippen LogP contribution < -0.4 is 11.1 Å². The summed E-state index contributed by atoms with van der Waals surface area (Å²) in [5.41, 5.74) is 5.53. The highest BCUT2D eigenvalue weighted by atomic mass is 16.4. The van der Waals surface area contributed by atoms with Crippen LogP contribution in [0.2, 0.25) is 0 Å². The lowest BCUT2D eigenvalue weighted by atomic mass is 10.0. The largest absolute Gasteiger partial charge is 0.481 e. The zero-order chi connectivity index (χ0) is 11.5. The number of aromatic nitrogens is 1. The third-order valence-electron chi connectivity index (χ3n) is 1.85. The second-order valence-corrected chi connectivity index (χ2v) is 4.06. The maximum absolute atomic E-state index is 10.6. The number of carboxylic acid groups (broad SMARTS) is 1. The fourth-order valence-electron chi connectivity index (χ4n) is 1.25. The summed E-state index contributed by atoms with van der Waals surface area (Å²) in [5.74, 6) is -0.224.